The van der Waals surface area contributed by atoms with E-state index in [4.69, 9.17) is 5.73 Å². The van der Waals surface area contributed by atoms with Gasteiger partial charge in [0.25, 0.3) is 5.56 Å². The molecule has 0 saturated heterocycles. The molecule has 3 N–H and O–H groups in total. The first-order chi connectivity index (χ1) is 16.3. The van der Waals surface area contributed by atoms with Gasteiger partial charge in [0.2, 0.25) is 5.91 Å². The summed E-state index contributed by atoms with van der Waals surface area (Å²) in [7, 11) is 0. The molecule has 10 heteroatoms. The normalized spacial score (nSPS) is 12.0. The molecular weight excluding hydrogens is 470 g/mol. The molecule has 0 spiro atoms. The molecule has 0 aliphatic rings. The van der Waals surface area contributed by atoms with Crippen LogP contribution < -0.4 is 22.3 Å². The molecule has 1 amide bonds. The van der Waals surface area contributed by atoms with Crippen molar-refractivity contribution in [3.63, 3.8) is 0 Å². The van der Waals surface area contributed by atoms with Gasteiger partial charge in [0, 0.05) is 16.8 Å². The summed E-state index contributed by atoms with van der Waals surface area (Å²) in [5, 5.41) is 7.42. The highest BCUT2D eigenvalue weighted by Crippen LogP contribution is 2.26. The summed E-state index contributed by atoms with van der Waals surface area (Å²) in [5.74, 6) is -0.401. The second kappa shape index (κ2) is 9.78. The van der Waals surface area contributed by atoms with Crippen LogP contribution in [0.15, 0.2) is 56.7 Å². The van der Waals surface area contributed by atoms with Gasteiger partial charge in [0.15, 0.2) is 0 Å². The van der Waals surface area contributed by atoms with E-state index >= 15 is 0 Å². The zero-order valence-electron chi connectivity index (χ0n) is 19.1. The summed E-state index contributed by atoms with van der Waals surface area (Å²) in [5.41, 5.74) is 7.48. The third-order valence-electron chi connectivity index (χ3n) is 5.50. The number of nitrogens with two attached hydrogens (primary N) is 1. The molecule has 4 aromatic rings. The van der Waals surface area contributed by atoms with Gasteiger partial charge < -0.3 is 11.1 Å². The van der Waals surface area contributed by atoms with Crippen LogP contribution in [0.4, 0.5) is 5.82 Å². The van der Waals surface area contributed by atoms with E-state index < -0.39 is 29.7 Å². The Morgan fingerprint density at radius 2 is 1.85 bits per heavy atom. The number of anilines is 1. The van der Waals surface area contributed by atoms with Crippen molar-refractivity contribution in [1.29, 1.82) is 0 Å². The average molecular weight is 496 g/mol. The van der Waals surface area contributed by atoms with E-state index in [1.165, 1.54) is 27.2 Å². The van der Waals surface area contributed by atoms with Crippen molar-refractivity contribution >= 4 is 34.4 Å². The molecule has 0 aliphatic heterocycles. The molecule has 0 radical (unpaired) electrons. The van der Waals surface area contributed by atoms with Gasteiger partial charge in [-0.25, -0.2) is 9.78 Å². The predicted octanol–water partition coefficient (Wildman–Crippen LogP) is 3.32. The van der Waals surface area contributed by atoms with Crippen molar-refractivity contribution < 1.29 is 4.79 Å². The fraction of sp³-hybridized carbons (Fsp3) is 0.250. The second-order valence-electron chi connectivity index (χ2n) is 7.86. The van der Waals surface area contributed by atoms with Crippen LogP contribution in [0.5, 0.6) is 0 Å². The smallest absolute Gasteiger partial charge is 0.333 e. The fourth-order valence-corrected chi connectivity index (χ4v) is 5.17. The third-order valence-corrected chi connectivity index (χ3v) is 7.22. The Morgan fingerprint density at radius 3 is 2.44 bits per heavy atom. The molecule has 176 valence electrons. The summed E-state index contributed by atoms with van der Waals surface area (Å²) in [6.07, 6.45) is 0. The average Bonchev–Trinajstić information content (AvgIpc) is 3.48. The van der Waals surface area contributed by atoms with E-state index in [0.29, 0.717) is 5.69 Å². The molecule has 3 heterocycles. The topological polar surface area (TPSA) is 112 Å². The number of nitrogens with one attached hydrogen (secondary N) is 1. The number of carbonyl (C=O) groups is 1. The van der Waals surface area contributed by atoms with E-state index in [-0.39, 0.29) is 17.9 Å². The molecule has 34 heavy (non-hydrogen) atoms. The number of hydrogen-bond donors (Lipinski definition) is 2. The van der Waals surface area contributed by atoms with Crippen LogP contribution in [-0.2, 0) is 17.9 Å². The number of rotatable bonds is 7. The van der Waals surface area contributed by atoms with Crippen molar-refractivity contribution in [3.05, 3.63) is 89.0 Å². The second-order valence-corrected chi connectivity index (χ2v) is 9.90. The molecular formula is C24H25N5O3S2. The molecule has 4 rings (SSSR count). The molecule has 0 unspecified atom stereocenters. The van der Waals surface area contributed by atoms with E-state index in [9.17, 15) is 14.4 Å². The summed E-state index contributed by atoms with van der Waals surface area (Å²) in [4.78, 5) is 44.8. The lowest BCUT2D eigenvalue weighted by molar-refractivity contribution is -0.122. The van der Waals surface area contributed by atoms with Gasteiger partial charge in [-0.3, -0.25) is 18.7 Å². The van der Waals surface area contributed by atoms with Gasteiger partial charge in [-0.1, -0.05) is 35.9 Å². The minimum Gasteiger partial charge on any atom is -0.384 e. The van der Waals surface area contributed by atoms with Gasteiger partial charge in [0.05, 0.1) is 16.7 Å². The van der Waals surface area contributed by atoms with Crippen LogP contribution in [-0.4, -0.2) is 20.0 Å². The number of thiophene rings is 1. The summed E-state index contributed by atoms with van der Waals surface area (Å²) in [6, 6.07) is 11.3. The largest absolute Gasteiger partial charge is 0.384 e. The number of thiazole rings is 1. The Hall–Kier alpha value is -3.50. The Morgan fingerprint density at radius 1 is 1.12 bits per heavy atom. The molecule has 3 aromatic heterocycles. The minimum absolute atomic E-state index is 0.0515. The number of benzene rings is 1. The molecule has 0 aliphatic carbocycles. The summed E-state index contributed by atoms with van der Waals surface area (Å²) >= 11 is 2.90. The molecule has 8 nitrogen and oxygen atoms in total. The van der Waals surface area contributed by atoms with Crippen molar-refractivity contribution in [2.75, 3.05) is 5.73 Å². The monoisotopic (exact) mass is 495 g/mol. The zero-order valence-corrected chi connectivity index (χ0v) is 20.7. The number of aryl methyl sites for hydroxylation is 2. The lowest BCUT2D eigenvalue weighted by atomic mass is 10.0. The number of aromatic nitrogens is 3. The quantitative estimate of drug-likeness (QED) is 0.409. The van der Waals surface area contributed by atoms with Gasteiger partial charge >= 0.3 is 5.69 Å². The highest BCUT2D eigenvalue weighted by molar-refractivity contribution is 7.10. The van der Waals surface area contributed by atoms with E-state index in [2.05, 4.69) is 10.3 Å². The van der Waals surface area contributed by atoms with Crippen LogP contribution >= 0.6 is 22.7 Å². The number of carbonyl (C=O) groups excluding carboxylic acids is 1. The Kier molecular flexibility index (Phi) is 6.80. The molecule has 0 saturated carbocycles. The number of nitrogens with zero attached hydrogens (tertiary/aromatic N) is 3. The van der Waals surface area contributed by atoms with Gasteiger partial charge in [-0.2, -0.15) is 0 Å². The van der Waals surface area contributed by atoms with Crippen LogP contribution in [0.3, 0.4) is 0 Å². The van der Waals surface area contributed by atoms with Crippen LogP contribution in [0.1, 0.15) is 34.0 Å². The van der Waals surface area contributed by atoms with Crippen molar-refractivity contribution in [2.24, 2.45) is 0 Å². The summed E-state index contributed by atoms with van der Waals surface area (Å²) < 4.78 is 2.22. The van der Waals surface area contributed by atoms with Gasteiger partial charge in [-0.05, 0) is 37.8 Å². The molecule has 1 aromatic carbocycles. The molecule has 0 bridgehead atoms. The first kappa shape index (κ1) is 23.7. The lowest BCUT2D eigenvalue weighted by Gasteiger charge is -2.19. The lowest BCUT2D eigenvalue weighted by Crippen LogP contribution is -2.45. The van der Waals surface area contributed by atoms with Crippen molar-refractivity contribution in [1.82, 2.24) is 19.4 Å². The maximum absolute atomic E-state index is 13.3. The highest BCUT2D eigenvalue weighted by atomic mass is 32.1. The minimum atomic E-state index is -0.629. The van der Waals surface area contributed by atoms with Gasteiger partial charge in [-0.15, -0.1) is 22.7 Å². The molecule has 0 fully saturated rings. The van der Waals surface area contributed by atoms with E-state index in [1.54, 1.807) is 12.3 Å². The number of amides is 1. The Balaban J connectivity index is 1.71. The van der Waals surface area contributed by atoms with Crippen molar-refractivity contribution in [3.8, 4) is 11.3 Å². The summed E-state index contributed by atoms with van der Waals surface area (Å²) in [6.45, 7) is 5.40. The van der Waals surface area contributed by atoms with Gasteiger partial charge in [0.1, 0.15) is 17.9 Å². The SMILES string of the molecule is CCn1c(N)c(-c2csc(C)n2)c(=O)n(CC(=O)N[C@@H](c2ccc(C)cc2)c2cccs2)c1=O. The van der Waals surface area contributed by atoms with Crippen molar-refractivity contribution in [2.45, 2.75) is 39.9 Å². The zero-order chi connectivity index (χ0) is 24.4. The van der Waals surface area contributed by atoms with Crippen LogP contribution in [0, 0.1) is 13.8 Å². The van der Waals surface area contributed by atoms with Crippen LogP contribution in [0.25, 0.3) is 11.3 Å². The maximum atomic E-state index is 13.3. The predicted molar refractivity (Wildman–Crippen MR) is 136 cm³/mol. The first-order valence-corrected chi connectivity index (χ1v) is 12.5. The Bertz CT molecular complexity index is 1430. The number of hydrogen-bond acceptors (Lipinski definition) is 7. The maximum Gasteiger partial charge on any atom is 0.333 e. The fourth-order valence-electron chi connectivity index (χ4n) is 3.76. The first-order valence-electron chi connectivity index (χ1n) is 10.7. The third kappa shape index (κ3) is 4.59. The Labute approximate surface area is 204 Å². The number of nitrogen functional groups attached to an aromatic ring is 1. The molecule has 1 atom stereocenters. The highest BCUT2D eigenvalue weighted by Gasteiger charge is 2.23. The van der Waals surface area contributed by atoms with E-state index in [0.717, 1.165) is 25.6 Å². The van der Waals surface area contributed by atoms with E-state index in [1.807, 2.05) is 55.6 Å². The standard InChI is InChI=1S/C24H25N5O3S2/c1-4-28-22(25)20(17-13-34-15(3)26-17)23(31)29(24(28)32)12-19(30)27-21(18-6-5-11-33-18)16-9-7-14(2)8-10-16/h5-11,13,21H,4,12,25H2,1-3H3,(H,27,30)/t21-/m0/s1. The van der Waals surface area contributed by atoms with Crippen LogP contribution in [0.2, 0.25) is 0 Å².